The van der Waals surface area contributed by atoms with E-state index < -0.39 is 0 Å². The first-order chi connectivity index (χ1) is 6.70. The second kappa shape index (κ2) is 5.41. The second-order valence-electron chi connectivity index (χ2n) is 2.68. The molecule has 0 saturated carbocycles. The Hall–Kier alpha value is -0.480. The van der Waals surface area contributed by atoms with Crippen LogP contribution in [0.4, 0.5) is 0 Å². The maximum Gasteiger partial charge on any atom is 0.165 e. The number of hydrogen-bond acceptors (Lipinski definition) is 2. The molecular weight excluding hydrogens is 312 g/mol. The minimum Gasteiger partial charge on any atom is -0.298 e. The number of aldehydes is 1. The molecule has 0 fully saturated rings. The molecule has 0 spiro atoms. The van der Waals surface area contributed by atoms with Gasteiger partial charge < -0.3 is 0 Å². The number of alkyl halides is 1. The lowest BCUT2D eigenvalue weighted by Crippen LogP contribution is -2.05. The second-order valence-corrected chi connectivity index (χ2v) is 4.33. The van der Waals surface area contributed by atoms with Crippen LogP contribution in [0, 0.1) is 0 Å². The fraction of sp³-hybridized carbons (Fsp3) is 0.200. The molecule has 0 unspecified atom stereocenters. The Labute approximate surface area is 98.9 Å². The van der Waals surface area contributed by atoms with E-state index in [1.165, 1.54) is 0 Å². The SMILES string of the molecule is O=Cc1cccc(Br)c1C(=O)CCBr. The predicted molar refractivity (Wildman–Crippen MR) is 62.3 cm³/mol. The molecular formula is C10H8Br2O2. The van der Waals surface area contributed by atoms with Crippen LogP contribution in [0.2, 0.25) is 0 Å². The van der Waals surface area contributed by atoms with Crippen molar-refractivity contribution in [2.24, 2.45) is 0 Å². The van der Waals surface area contributed by atoms with Crippen LogP contribution in [0.25, 0.3) is 0 Å². The number of hydrogen-bond donors (Lipinski definition) is 0. The maximum atomic E-state index is 11.6. The third kappa shape index (κ3) is 2.51. The highest BCUT2D eigenvalue weighted by atomic mass is 79.9. The summed E-state index contributed by atoms with van der Waals surface area (Å²) >= 11 is 6.46. The summed E-state index contributed by atoms with van der Waals surface area (Å²) in [5, 5.41) is 0.603. The third-order valence-corrected chi connectivity index (χ3v) is 2.83. The molecule has 0 aliphatic rings. The molecule has 74 valence electrons. The summed E-state index contributed by atoms with van der Waals surface area (Å²) in [5.41, 5.74) is 0.910. The van der Waals surface area contributed by atoms with Crippen molar-refractivity contribution < 1.29 is 9.59 Å². The van der Waals surface area contributed by atoms with Crippen molar-refractivity contribution in [2.75, 3.05) is 5.33 Å². The van der Waals surface area contributed by atoms with Crippen LogP contribution in [-0.2, 0) is 0 Å². The number of Topliss-reactive ketones (excluding diaryl/α,β-unsaturated/α-hetero) is 1. The molecule has 0 aromatic heterocycles. The minimum atomic E-state index is -0.0311. The van der Waals surface area contributed by atoms with Gasteiger partial charge in [-0.05, 0) is 6.07 Å². The van der Waals surface area contributed by atoms with Gasteiger partial charge in [-0.1, -0.05) is 44.0 Å². The van der Waals surface area contributed by atoms with Gasteiger partial charge in [0.05, 0.1) is 0 Å². The summed E-state index contributed by atoms with van der Waals surface area (Å²) in [6, 6.07) is 5.13. The van der Waals surface area contributed by atoms with Gasteiger partial charge in [-0.3, -0.25) is 9.59 Å². The van der Waals surface area contributed by atoms with Gasteiger partial charge in [-0.25, -0.2) is 0 Å². The summed E-state index contributed by atoms with van der Waals surface area (Å²) in [7, 11) is 0. The normalized spacial score (nSPS) is 9.86. The first kappa shape index (κ1) is 11.6. The molecule has 0 radical (unpaired) electrons. The van der Waals surface area contributed by atoms with Gasteiger partial charge in [0.1, 0.15) is 0 Å². The molecule has 4 heteroatoms. The molecule has 0 heterocycles. The largest absolute Gasteiger partial charge is 0.298 e. The Morgan fingerprint density at radius 2 is 2.14 bits per heavy atom. The zero-order valence-corrected chi connectivity index (χ0v) is 10.5. The third-order valence-electron chi connectivity index (χ3n) is 1.77. The van der Waals surface area contributed by atoms with E-state index in [0.717, 1.165) is 0 Å². The summed E-state index contributed by atoms with van der Waals surface area (Å²) in [4.78, 5) is 22.3. The van der Waals surface area contributed by atoms with Crippen molar-refractivity contribution in [3.63, 3.8) is 0 Å². The monoisotopic (exact) mass is 318 g/mol. The van der Waals surface area contributed by atoms with Crippen LogP contribution in [0.1, 0.15) is 27.1 Å². The lowest BCUT2D eigenvalue weighted by molar-refractivity contribution is 0.0982. The maximum absolute atomic E-state index is 11.6. The number of halogens is 2. The molecule has 2 nitrogen and oxygen atoms in total. The summed E-state index contributed by atoms with van der Waals surface area (Å²) in [5.74, 6) is -0.0311. The highest BCUT2D eigenvalue weighted by Gasteiger charge is 2.13. The molecule has 0 amide bonds. The van der Waals surface area contributed by atoms with Crippen LogP contribution in [0.5, 0.6) is 0 Å². The van der Waals surface area contributed by atoms with E-state index in [9.17, 15) is 9.59 Å². The van der Waals surface area contributed by atoms with Gasteiger partial charge in [-0.2, -0.15) is 0 Å². The average Bonchev–Trinajstić information content (AvgIpc) is 2.17. The zero-order chi connectivity index (χ0) is 10.6. The molecule has 0 bridgehead atoms. The Kier molecular flexibility index (Phi) is 4.48. The molecule has 0 saturated heterocycles. The van der Waals surface area contributed by atoms with Gasteiger partial charge in [0.25, 0.3) is 0 Å². The van der Waals surface area contributed by atoms with Crippen LogP contribution in [0.15, 0.2) is 22.7 Å². The van der Waals surface area contributed by atoms with Crippen LogP contribution < -0.4 is 0 Å². The van der Waals surface area contributed by atoms with Gasteiger partial charge in [0.15, 0.2) is 12.1 Å². The van der Waals surface area contributed by atoms with Gasteiger partial charge >= 0.3 is 0 Å². The van der Waals surface area contributed by atoms with Crippen molar-refractivity contribution in [1.82, 2.24) is 0 Å². The fourth-order valence-electron chi connectivity index (χ4n) is 1.14. The number of carbonyl (C=O) groups is 2. The summed E-state index contributed by atoms with van der Waals surface area (Å²) in [6.07, 6.45) is 1.09. The van der Waals surface area contributed by atoms with Crippen molar-refractivity contribution in [2.45, 2.75) is 6.42 Å². The van der Waals surface area contributed by atoms with E-state index in [-0.39, 0.29) is 5.78 Å². The smallest absolute Gasteiger partial charge is 0.165 e. The van der Waals surface area contributed by atoms with Gasteiger partial charge in [0.2, 0.25) is 0 Å². The van der Waals surface area contributed by atoms with E-state index in [1.807, 2.05) is 0 Å². The Morgan fingerprint density at radius 3 is 2.71 bits per heavy atom. The van der Waals surface area contributed by atoms with Crippen molar-refractivity contribution in [3.05, 3.63) is 33.8 Å². The van der Waals surface area contributed by atoms with Crippen LogP contribution >= 0.6 is 31.9 Å². The summed E-state index contributed by atoms with van der Waals surface area (Å²) in [6.45, 7) is 0. The molecule has 1 rings (SSSR count). The fourth-order valence-corrected chi connectivity index (χ4v) is 2.11. The molecule has 0 atom stereocenters. The standard InChI is InChI=1S/C10H8Br2O2/c11-5-4-9(14)10-7(6-13)2-1-3-8(10)12/h1-3,6H,4-5H2. The van der Waals surface area contributed by atoms with Crippen molar-refractivity contribution in [3.8, 4) is 0 Å². The predicted octanol–water partition coefficient (Wildman–Crippen LogP) is 3.23. The van der Waals surface area contributed by atoms with Crippen molar-refractivity contribution >= 4 is 43.9 Å². The lowest BCUT2D eigenvalue weighted by atomic mass is 10.0. The van der Waals surface area contributed by atoms with Crippen molar-refractivity contribution in [1.29, 1.82) is 0 Å². The number of rotatable bonds is 4. The molecule has 14 heavy (non-hydrogen) atoms. The Bertz CT molecular complexity index is 361. The molecule has 1 aromatic rings. The van der Waals surface area contributed by atoms with E-state index in [0.29, 0.717) is 33.6 Å². The number of benzene rings is 1. The quantitative estimate of drug-likeness (QED) is 0.485. The highest BCUT2D eigenvalue weighted by Crippen LogP contribution is 2.21. The molecule has 0 aliphatic heterocycles. The van der Waals surface area contributed by atoms with Crippen LogP contribution in [-0.4, -0.2) is 17.4 Å². The Morgan fingerprint density at radius 1 is 1.43 bits per heavy atom. The number of carbonyl (C=O) groups excluding carboxylic acids is 2. The van der Waals surface area contributed by atoms with Gasteiger partial charge in [-0.15, -0.1) is 0 Å². The molecule has 0 N–H and O–H groups in total. The molecule has 1 aromatic carbocycles. The Balaban J connectivity index is 3.16. The highest BCUT2D eigenvalue weighted by molar-refractivity contribution is 9.10. The lowest BCUT2D eigenvalue weighted by Gasteiger charge is -2.04. The first-order valence-corrected chi connectivity index (χ1v) is 5.95. The van der Waals surface area contributed by atoms with Gasteiger partial charge in [0, 0.05) is 27.4 Å². The van der Waals surface area contributed by atoms with E-state index in [4.69, 9.17) is 0 Å². The van der Waals surface area contributed by atoms with Crippen LogP contribution in [0.3, 0.4) is 0 Å². The topological polar surface area (TPSA) is 34.1 Å². The minimum absolute atomic E-state index is 0.0311. The zero-order valence-electron chi connectivity index (χ0n) is 7.30. The number of ketones is 1. The van der Waals surface area contributed by atoms with E-state index in [2.05, 4.69) is 31.9 Å². The summed E-state index contributed by atoms with van der Waals surface area (Å²) < 4.78 is 0.674. The molecule has 0 aliphatic carbocycles. The first-order valence-electron chi connectivity index (χ1n) is 4.03. The van der Waals surface area contributed by atoms with E-state index in [1.54, 1.807) is 18.2 Å². The van der Waals surface area contributed by atoms with E-state index >= 15 is 0 Å². The average molecular weight is 320 g/mol.